The number of pyridine rings is 1. The minimum Gasteiger partial charge on any atom is -0.255 e. The number of hydrogen-bond donors (Lipinski definition) is 0. The van der Waals surface area contributed by atoms with E-state index in [0.29, 0.717) is 0 Å². The van der Waals surface area contributed by atoms with Crippen molar-refractivity contribution in [2.75, 3.05) is 0 Å². The molecule has 1 aromatic heterocycles. The zero-order valence-electron chi connectivity index (χ0n) is 9.49. The first-order chi connectivity index (χ1) is 7.77. The maximum atomic E-state index is 4.57. The highest BCUT2D eigenvalue weighted by molar-refractivity contribution is 6.06. The fraction of sp³-hybridized carbons (Fsp3) is 0.133. The average molecular weight is 207 g/mol. The molecule has 0 atom stereocenters. The molecule has 78 valence electrons. The van der Waals surface area contributed by atoms with Gasteiger partial charge in [-0.25, -0.2) is 0 Å². The third kappa shape index (κ3) is 1.21. The molecule has 0 bridgehead atoms. The molecule has 0 N–H and O–H groups in total. The number of rotatable bonds is 0. The number of aromatic nitrogens is 1. The minimum atomic E-state index is 1.12. The third-order valence-corrected chi connectivity index (χ3v) is 3.29. The molecule has 1 nitrogen and oxygen atoms in total. The summed E-state index contributed by atoms with van der Waals surface area (Å²) < 4.78 is 0. The smallest absolute Gasteiger partial charge is 0.0740 e. The molecule has 0 aliphatic heterocycles. The van der Waals surface area contributed by atoms with Gasteiger partial charge in [-0.15, -0.1) is 0 Å². The fourth-order valence-corrected chi connectivity index (χ4v) is 2.17. The molecule has 1 heteroatoms. The van der Waals surface area contributed by atoms with Crippen molar-refractivity contribution in [3.05, 3.63) is 53.7 Å². The van der Waals surface area contributed by atoms with Crippen molar-refractivity contribution in [3.8, 4) is 0 Å². The molecule has 0 saturated carbocycles. The predicted octanol–water partition coefficient (Wildman–Crippen LogP) is 4.00. The summed E-state index contributed by atoms with van der Waals surface area (Å²) in [6, 6.07) is 12.7. The van der Waals surface area contributed by atoms with Crippen molar-refractivity contribution in [1.29, 1.82) is 0 Å². The first-order valence-electron chi connectivity index (χ1n) is 5.51. The van der Waals surface area contributed by atoms with Crippen molar-refractivity contribution >= 4 is 21.7 Å². The van der Waals surface area contributed by atoms with Crippen LogP contribution in [0.3, 0.4) is 0 Å². The van der Waals surface area contributed by atoms with Gasteiger partial charge in [0.25, 0.3) is 0 Å². The summed E-state index contributed by atoms with van der Waals surface area (Å²) in [5, 5.41) is 3.75. The summed E-state index contributed by atoms with van der Waals surface area (Å²) in [6.07, 6.45) is 1.96. The van der Waals surface area contributed by atoms with Crippen LogP contribution in [-0.4, -0.2) is 4.98 Å². The van der Waals surface area contributed by atoms with E-state index in [0.717, 1.165) is 5.52 Å². The zero-order valence-corrected chi connectivity index (χ0v) is 9.49. The van der Waals surface area contributed by atoms with Crippen LogP contribution in [0.2, 0.25) is 0 Å². The Hall–Kier alpha value is -1.89. The largest absolute Gasteiger partial charge is 0.255 e. The van der Waals surface area contributed by atoms with E-state index in [9.17, 15) is 0 Å². The molecule has 0 saturated heterocycles. The number of hydrogen-bond acceptors (Lipinski definition) is 1. The molecule has 0 amide bonds. The molecule has 16 heavy (non-hydrogen) atoms. The second-order valence-corrected chi connectivity index (χ2v) is 4.25. The Kier molecular flexibility index (Phi) is 1.93. The van der Waals surface area contributed by atoms with Crippen LogP contribution in [0.5, 0.6) is 0 Å². The van der Waals surface area contributed by atoms with Gasteiger partial charge in [0.1, 0.15) is 0 Å². The second-order valence-electron chi connectivity index (χ2n) is 4.25. The van der Waals surface area contributed by atoms with Gasteiger partial charge in [-0.05, 0) is 30.4 Å². The summed E-state index contributed by atoms with van der Waals surface area (Å²) in [6.45, 7) is 4.27. The molecule has 3 rings (SSSR count). The van der Waals surface area contributed by atoms with E-state index in [-0.39, 0.29) is 0 Å². The SMILES string of the molecule is Cc1ccc2c(ncc3ccccc32)c1C. The molecule has 1 heterocycles. The lowest BCUT2D eigenvalue weighted by molar-refractivity contribution is 1.33. The summed E-state index contributed by atoms with van der Waals surface area (Å²) in [7, 11) is 0. The maximum Gasteiger partial charge on any atom is 0.0740 e. The summed E-state index contributed by atoms with van der Waals surface area (Å²) >= 11 is 0. The highest BCUT2D eigenvalue weighted by atomic mass is 14.7. The van der Waals surface area contributed by atoms with Crippen LogP contribution in [0.1, 0.15) is 11.1 Å². The molecule has 0 fully saturated rings. The predicted molar refractivity (Wildman–Crippen MR) is 68.7 cm³/mol. The summed E-state index contributed by atoms with van der Waals surface area (Å²) in [4.78, 5) is 4.57. The molecular formula is C15H13N. The van der Waals surface area contributed by atoms with Crippen LogP contribution >= 0.6 is 0 Å². The van der Waals surface area contributed by atoms with E-state index in [1.807, 2.05) is 6.20 Å². The van der Waals surface area contributed by atoms with E-state index in [4.69, 9.17) is 0 Å². The molecule has 2 aromatic carbocycles. The van der Waals surface area contributed by atoms with Crippen molar-refractivity contribution in [3.63, 3.8) is 0 Å². The number of aryl methyl sites for hydroxylation is 2. The van der Waals surface area contributed by atoms with Crippen LogP contribution in [0.15, 0.2) is 42.6 Å². The monoisotopic (exact) mass is 207 g/mol. The van der Waals surface area contributed by atoms with Gasteiger partial charge in [0.15, 0.2) is 0 Å². The minimum absolute atomic E-state index is 1.12. The zero-order chi connectivity index (χ0) is 11.1. The normalized spacial score (nSPS) is 11.1. The maximum absolute atomic E-state index is 4.57. The second kappa shape index (κ2) is 3.31. The Morgan fingerprint density at radius 3 is 2.56 bits per heavy atom. The third-order valence-electron chi connectivity index (χ3n) is 3.29. The van der Waals surface area contributed by atoms with Gasteiger partial charge in [-0.2, -0.15) is 0 Å². The van der Waals surface area contributed by atoms with Crippen LogP contribution in [0.4, 0.5) is 0 Å². The molecular weight excluding hydrogens is 194 g/mol. The quantitative estimate of drug-likeness (QED) is 0.508. The molecule has 0 aliphatic rings. The Labute approximate surface area is 94.7 Å². The first kappa shape index (κ1) is 9.34. The molecule has 0 aliphatic carbocycles. The van der Waals surface area contributed by atoms with Gasteiger partial charge < -0.3 is 0 Å². The lowest BCUT2D eigenvalue weighted by Crippen LogP contribution is -1.88. The highest BCUT2D eigenvalue weighted by Gasteiger charge is 2.04. The van der Waals surface area contributed by atoms with Crippen LogP contribution in [0.25, 0.3) is 21.7 Å². The molecule has 3 aromatic rings. The van der Waals surface area contributed by atoms with Gasteiger partial charge in [-0.3, -0.25) is 4.98 Å². The van der Waals surface area contributed by atoms with Gasteiger partial charge in [0.2, 0.25) is 0 Å². The summed E-state index contributed by atoms with van der Waals surface area (Å²) in [5.74, 6) is 0. The Morgan fingerprint density at radius 2 is 1.69 bits per heavy atom. The lowest BCUT2D eigenvalue weighted by Gasteiger charge is -2.07. The van der Waals surface area contributed by atoms with E-state index >= 15 is 0 Å². The van der Waals surface area contributed by atoms with Crippen LogP contribution in [0, 0.1) is 13.8 Å². The molecule has 0 spiro atoms. The Morgan fingerprint density at radius 1 is 0.875 bits per heavy atom. The fourth-order valence-electron chi connectivity index (χ4n) is 2.17. The van der Waals surface area contributed by atoms with Gasteiger partial charge in [-0.1, -0.05) is 36.4 Å². The van der Waals surface area contributed by atoms with Gasteiger partial charge >= 0.3 is 0 Å². The average Bonchev–Trinajstić information content (AvgIpc) is 2.33. The van der Waals surface area contributed by atoms with Crippen molar-refractivity contribution in [1.82, 2.24) is 4.98 Å². The first-order valence-corrected chi connectivity index (χ1v) is 5.51. The highest BCUT2D eigenvalue weighted by Crippen LogP contribution is 2.26. The topological polar surface area (TPSA) is 12.9 Å². The van der Waals surface area contributed by atoms with Crippen molar-refractivity contribution in [2.24, 2.45) is 0 Å². The molecule has 0 radical (unpaired) electrons. The van der Waals surface area contributed by atoms with E-state index < -0.39 is 0 Å². The van der Waals surface area contributed by atoms with Crippen LogP contribution in [-0.2, 0) is 0 Å². The van der Waals surface area contributed by atoms with Gasteiger partial charge in [0.05, 0.1) is 5.52 Å². The molecule has 0 unspecified atom stereocenters. The lowest BCUT2D eigenvalue weighted by atomic mass is 10.0. The summed E-state index contributed by atoms with van der Waals surface area (Å²) in [5.41, 5.74) is 3.71. The van der Waals surface area contributed by atoms with E-state index in [1.54, 1.807) is 0 Å². The van der Waals surface area contributed by atoms with Crippen molar-refractivity contribution < 1.29 is 0 Å². The van der Waals surface area contributed by atoms with Crippen molar-refractivity contribution in [2.45, 2.75) is 13.8 Å². The number of fused-ring (bicyclic) bond motifs is 3. The van der Waals surface area contributed by atoms with Crippen LogP contribution < -0.4 is 0 Å². The van der Waals surface area contributed by atoms with E-state index in [1.165, 1.54) is 27.3 Å². The van der Waals surface area contributed by atoms with Gasteiger partial charge in [0, 0.05) is 17.0 Å². The van der Waals surface area contributed by atoms with E-state index in [2.05, 4.69) is 55.2 Å². The number of benzene rings is 2. The Bertz CT molecular complexity index is 683. The standard InChI is InChI=1S/C15H13N/c1-10-7-8-14-13-6-4-3-5-12(13)9-16-15(14)11(10)2/h3-9H,1-2H3. The number of nitrogens with zero attached hydrogens (tertiary/aromatic N) is 1. The Balaban J connectivity index is 2.58.